The van der Waals surface area contributed by atoms with Gasteiger partial charge in [0.05, 0.1) is 24.6 Å². The van der Waals surface area contributed by atoms with Gasteiger partial charge in [0.1, 0.15) is 6.61 Å². The fourth-order valence-corrected chi connectivity index (χ4v) is 3.99. The van der Waals surface area contributed by atoms with Gasteiger partial charge < -0.3 is 0 Å². The van der Waals surface area contributed by atoms with E-state index in [-0.39, 0.29) is 17.4 Å². The lowest BCUT2D eigenvalue weighted by atomic mass is 9.72. The van der Waals surface area contributed by atoms with Crippen molar-refractivity contribution in [2.45, 2.75) is 53.4 Å². The fraction of sp³-hybridized carbons (Fsp3) is 0.458. The first-order valence-corrected chi connectivity index (χ1v) is 10.2. The molecule has 0 bridgehead atoms. The maximum atomic E-state index is 13.3. The summed E-state index contributed by atoms with van der Waals surface area (Å²) in [5.74, 6) is 0.00386. The van der Waals surface area contributed by atoms with Crippen molar-refractivity contribution in [1.29, 1.82) is 0 Å². The summed E-state index contributed by atoms with van der Waals surface area (Å²) in [7, 11) is 0. The molecule has 5 nitrogen and oxygen atoms in total. The van der Waals surface area contributed by atoms with Gasteiger partial charge in [-0.2, -0.15) is 5.48 Å². The van der Waals surface area contributed by atoms with Gasteiger partial charge in [-0.05, 0) is 29.9 Å². The highest BCUT2D eigenvalue weighted by atomic mass is 16.7. The molecule has 0 radical (unpaired) electrons. The Bertz CT molecular complexity index is 789. The van der Waals surface area contributed by atoms with E-state index in [1.54, 1.807) is 0 Å². The Morgan fingerprint density at radius 1 is 1.00 bits per heavy atom. The molecule has 1 fully saturated rings. The van der Waals surface area contributed by atoms with Crippen LogP contribution < -0.4 is 5.48 Å². The summed E-state index contributed by atoms with van der Waals surface area (Å²) < 4.78 is 0. The van der Waals surface area contributed by atoms with Crippen LogP contribution in [-0.2, 0) is 27.7 Å². The van der Waals surface area contributed by atoms with E-state index in [4.69, 9.17) is 9.68 Å². The van der Waals surface area contributed by atoms with Crippen LogP contribution in [0.4, 0.5) is 0 Å². The molecule has 0 aliphatic carbocycles. The van der Waals surface area contributed by atoms with Gasteiger partial charge in [0.2, 0.25) is 0 Å². The lowest BCUT2D eigenvalue weighted by molar-refractivity contribution is -0.187. The van der Waals surface area contributed by atoms with Crippen LogP contribution in [0.5, 0.6) is 0 Å². The van der Waals surface area contributed by atoms with Crippen molar-refractivity contribution in [2.24, 2.45) is 10.8 Å². The quantitative estimate of drug-likeness (QED) is 0.668. The third-order valence-electron chi connectivity index (χ3n) is 5.27. The smallest absolute Gasteiger partial charge is 0.253 e. The molecule has 29 heavy (non-hydrogen) atoms. The van der Waals surface area contributed by atoms with E-state index in [2.05, 4.69) is 26.3 Å². The summed E-state index contributed by atoms with van der Waals surface area (Å²) in [5, 5.41) is 1.50. The van der Waals surface area contributed by atoms with Crippen LogP contribution in [0.1, 0.15) is 45.2 Å². The predicted molar refractivity (Wildman–Crippen MR) is 113 cm³/mol. The molecule has 1 saturated heterocycles. The van der Waals surface area contributed by atoms with E-state index >= 15 is 0 Å². The second-order valence-electron chi connectivity index (χ2n) is 9.22. The van der Waals surface area contributed by atoms with E-state index in [1.807, 2.05) is 67.6 Å². The Labute approximate surface area is 173 Å². The molecule has 3 rings (SSSR count). The third kappa shape index (κ3) is 5.66. The van der Waals surface area contributed by atoms with Gasteiger partial charge in [0.25, 0.3) is 5.91 Å². The molecule has 156 valence electrons. The topological polar surface area (TPSA) is 50.8 Å². The summed E-state index contributed by atoms with van der Waals surface area (Å²) in [6, 6.07) is 19.7. The lowest BCUT2D eigenvalue weighted by Gasteiger charge is -2.34. The molecule has 1 N–H and O–H groups in total. The minimum atomic E-state index is -0.606. The van der Waals surface area contributed by atoms with Crippen molar-refractivity contribution in [3.8, 4) is 0 Å². The van der Waals surface area contributed by atoms with Gasteiger partial charge in [-0.25, -0.2) is 5.06 Å². The molecule has 2 aromatic rings. The van der Waals surface area contributed by atoms with E-state index in [0.29, 0.717) is 19.8 Å². The molecule has 1 amide bonds. The van der Waals surface area contributed by atoms with Gasteiger partial charge in [0, 0.05) is 0 Å². The summed E-state index contributed by atoms with van der Waals surface area (Å²) in [5.41, 5.74) is 4.67. The van der Waals surface area contributed by atoms with Crippen LogP contribution >= 0.6 is 0 Å². The molecule has 2 aromatic carbocycles. The van der Waals surface area contributed by atoms with Crippen LogP contribution in [-0.4, -0.2) is 23.6 Å². The molecule has 0 saturated carbocycles. The van der Waals surface area contributed by atoms with E-state index in [0.717, 1.165) is 17.5 Å². The first-order chi connectivity index (χ1) is 13.8. The van der Waals surface area contributed by atoms with E-state index < -0.39 is 5.41 Å². The Morgan fingerprint density at radius 2 is 1.55 bits per heavy atom. The number of hydrogen-bond acceptors (Lipinski definition) is 4. The van der Waals surface area contributed by atoms with Crippen LogP contribution in [0.3, 0.4) is 0 Å². The molecule has 0 spiro atoms. The maximum Gasteiger partial charge on any atom is 0.253 e. The predicted octanol–water partition coefficient (Wildman–Crippen LogP) is 4.49. The zero-order valence-corrected chi connectivity index (χ0v) is 17.9. The van der Waals surface area contributed by atoms with Crippen LogP contribution in [0.25, 0.3) is 0 Å². The number of hydroxylamine groups is 3. The number of carbonyl (C=O) groups is 1. The first kappa shape index (κ1) is 21.5. The number of hydrogen-bond donors (Lipinski definition) is 1. The number of carbonyl (C=O) groups excluding carboxylic acids is 1. The maximum absolute atomic E-state index is 13.3. The fourth-order valence-electron chi connectivity index (χ4n) is 3.99. The number of nitrogens with zero attached hydrogens (tertiary/aromatic N) is 1. The average Bonchev–Trinajstić information content (AvgIpc) is 2.91. The van der Waals surface area contributed by atoms with Gasteiger partial charge in [-0.3, -0.25) is 14.5 Å². The second kappa shape index (κ2) is 9.08. The largest absolute Gasteiger partial charge is 0.297 e. The number of rotatable bonds is 8. The van der Waals surface area contributed by atoms with Crippen molar-refractivity contribution >= 4 is 5.91 Å². The monoisotopic (exact) mass is 396 g/mol. The Balaban J connectivity index is 1.67. The molecule has 1 aliphatic rings. The lowest BCUT2D eigenvalue weighted by Crippen LogP contribution is -2.46. The number of benzene rings is 2. The van der Waals surface area contributed by atoms with Gasteiger partial charge in [-0.15, -0.1) is 0 Å². The summed E-state index contributed by atoms with van der Waals surface area (Å²) >= 11 is 0. The molecule has 0 aromatic heterocycles. The van der Waals surface area contributed by atoms with Crippen molar-refractivity contribution in [1.82, 2.24) is 10.5 Å². The second-order valence-corrected chi connectivity index (χ2v) is 9.22. The minimum absolute atomic E-state index is 0.000784. The molecule has 0 unspecified atom stereocenters. The summed E-state index contributed by atoms with van der Waals surface area (Å²) in [6.07, 6.45) is 0.733. The molecule has 2 atom stereocenters. The zero-order chi connectivity index (χ0) is 20.9. The average molecular weight is 397 g/mol. The molecule has 1 aliphatic heterocycles. The Hall–Kier alpha value is -2.21. The van der Waals surface area contributed by atoms with Gasteiger partial charge >= 0.3 is 0 Å². The molecular weight excluding hydrogens is 364 g/mol. The molecule has 1 heterocycles. The highest BCUT2D eigenvalue weighted by molar-refractivity contribution is 5.84. The van der Waals surface area contributed by atoms with Crippen molar-refractivity contribution in [2.75, 3.05) is 6.54 Å². The van der Waals surface area contributed by atoms with Crippen LogP contribution in [0.2, 0.25) is 0 Å². The Morgan fingerprint density at radius 3 is 2.10 bits per heavy atom. The SMILES string of the molecule is CC(C)(C)C[C@]1(C)C(=O)N(OCc2ccccc2)C[C@@H]1NOCc1ccccc1. The minimum Gasteiger partial charge on any atom is -0.297 e. The third-order valence-corrected chi connectivity index (χ3v) is 5.27. The number of amides is 1. The zero-order valence-electron chi connectivity index (χ0n) is 17.9. The summed E-state index contributed by atoms with van der Waals surface area (Å²) in [6.45, 7) is 9.74. The molecular formula is C24H32N2O3. The van der Waals surface area contributed by atoms with Crippen LogP contribution in [0.15, 0.2) is 60.7 Å². The van der Waals surface area contributed by atoms with Crippen molar-refractivity contribution < 1.29 is 14.5 Å². The van der Waals surface area contributed by atoms with Crippen molar-refractivity contribution in [3.05, 3.63) is 71.8 Å². The van der Waals surface area contributed by atoms with E-state index in [9.17, 15) is 4.79 Å². The van der Waals surface area contributed by atoms with Crippen molar-refractivity contribution in [3.63, 3.8) is 0 Å². The van der Waals surface area contributed by atoms with E-state index in [1.165, 1.54) is 5.06 Å². The van der Waals surface area contributed by atoms with Gasteiger partial charge in [-0.1, -0.05) is 81.4 Å². The first-order valence-electron chi connectivity index (χ1n) is 10.2. The summed E-state index contributed by atoms with van der Waals surface area (Å²) in [4.78, 5) is 25.0. The normalized spacial score (nSPS) is 22.3. The number of nitrogens with one attached hydrogen (secondary N) is 1. The molecule has 5 heteroatoms. The van der Waals surface area contributed by atoms with Crippen LogP contribution in [0, 0.1) is 10.8 Å². The Kier molecular flexibility index (Phi) is 6.73. The highest BCUT2D eigenvalue weighted by Gasteiger charge is 2.53. The highest BCUT2D eigenvalue weighted by Crippen LogP contribution is 2.42. The van der Waals surface area contributed by atoms with Gasteiger partial charge in [0.15, 0.2) is 0 Å². The standard InChI is InChI=1S/C24H32N2O3/c1-23(2,3)18-24(4)21(25-28-16-19-11-7-5-8-12-19)15-26(22(24)27)29-17-20-13-9-6-10-14-20/h5-14,21,25H,15-18H2,1-4H3/t21-,24-/m0/s1.